The molecular formula is C25H34N6O3. The Balaban J connectivity index is 1.37. The molecule has 1 aliphatic rings. The third-order valence-corrected chi connectivity index (χ3v) is 5.61. The van der Waals surface area contributed by atoms with Crippen LogP contribution in [0.3, 0.4) is 0 Å². The molecule has 1 saturated heterocycles. The van der Waals surface area contributed by atoms with Crippen LogP contribution in [-0.4, -0.2) is 65.3 Å². The molecule has 1 aromatic heterocycles. The largest absolute Gasteiger partial charge is 0.356 e. The lowest BCUT2D eigenvalue weighted by molar-refractivity contribution is -0.131. The Morgan fingerprint density at radius 3 is 2.24 bits per heavy atom. The Hall–Kier alpha value is -3.49. The summed E-state index contributed by atoms with van der Waals surface area (Å²) in [5, 5.41) is 5.70. The molecule has 3 rings (SSSR count). The number of benzene rings is 1. The molecule has 182 valence electrons. The van der Waals surface area contributed by atoms with E-state index in [-0.39, 0.29) is 17.7 Å². The highest BCUT2D eigenvalue weighted by Crippen LogP contribution is 2.15. The maximum absolute atomic E-state index is 12.7. The summed E-state index contributed by atoms with van der Waals surface area (Å²) in [6.45, 7) is 8.73. The van der Waals surface area contributed by atoms with Crippen molar-refractivity contribution in [2.24, 2.45) is 5.41 Å². The number of hydrogen-bond donors (Lipinski definition) is 2. The number of nitrogens with one attached hydrogen (secondary N) is 2. The van der Waals surface area contributed by atoms with Gasteiger partial charge in [0.05, 0.1) is 6.42 Å². The van der Waals surface area contributed by atoms with Crippen molar-refractivity contribution in [2.75, 3.05) is 42.9 Å². The van der Waals surface area contributed by atoms with Gasteiger partial charge in [0.2, 0.25) is 23.7 Å². The molecule has 0 radical (unpaired) electrons. The third-order valence-electron chi connectivity index (χ3n) is 5.61. The summed E-state index contributed by atoms with van der Waals surface area (Å²) in [5.74, 6) is 0.656. The average molecular weight is 467 g/mol. The van der Waals surface area contributed by atoms with Gasteiger partial charge in [0.15, 0.2) is 0 Å². The SMILES string of the molecule is CC(C)(C)C(=O)NCCCC(=O)Nc1ccc(CC(=O)N2CCN(c3ncccn3)CC2)cc1. The highest BCUT2D eigenvalue weighted by Gasteiger charge is 2.22. The lowest BCUT2D eigenvalue weighted by Gasteiger charge is -2.34. The first-order valence-corrected chi connectivity index (χ1v) is 11.7. The molecule has 0 atom stereocenters. The van der Waals surface area contributed by atoms with E-state index in [9.17, 15) is 14.4 Å². The van der Waals surface area contributed by atoms with Crippen molar-refractivity contribution in [1.29, 1.82) is 0 Å². The van der Waals surface area contributed by atoms with E-state index in [0.717, 1.165) is 5.56 Å². The highest BCUT2D eigenvalue weighted by molar-refractivity contribution is 5.90. The molecule has 34 heavy (non-hydrogen) atoms. The van der Waals surface area contributed by atoms with Crippen molar-refractivity contribution in [2.45, 2.75) is 40.0 Å². The number of amides is 3. The maximum Gasteiger partial charge on any atom is 0.227 e. The van der Waals surface area contributed by atoms with Crippen LogP contribution in [0.5, 0.6) is 0 Å². The Labute approximate surface area is 201 Å². The van der Waals surface area contributed by atoms with Gasteiger partial charge in [-0.2, -0.15) is 0 Å². The van der Waals surface area contributed by atoms with E-state index in [1.165, 1.54) is 0 Å². The van der Waals surface area contributed by atoms with Crippen molar-refractivity contribution in [3.63, 3.8) is 0 Å². The first-order chi connectivity index (χ1) is 16.2. The smallest absolute Gasteiger partial charge is 0.227 e. The van der Waals surface area contributed by atoms with Crippen molar-refractivity contribution in [3.05, 3.63) is 48.3 Å². The normalized spacial score (nSPS) is 14.0. The minimum absolute atomic E-state index is 0.0230. The fourth-order valence-electron chi connectivity index (χ4n) is 3.54. The van der Waals surface area contributed by atoms with Gasteiger partial charge in [-0.15, -0.1) is 0 Å². The van der Waals surface area contributed by atoms with Gasteiger partial charge in [-0.1, -0.05) is 32.9 Å². The Morgan fingerprint density at radius 2 is 1.62 bits per heavy atom. The predicted molar refractivity (Wildman–Crippen MR) is 131 cm³/mol. The molecule has 9 nitrogen and oxygen atoms in total. The average Bonchev–Trinajstić information content (AvgIpc) is 2.83. The van der Waals surface area contributed by atoms with E-state index >= 15 is 0 Å². The number of rotatable bonds is 8. The highest BCUT2D eigenvalue weighted by atomic mass is 16.2. The molecule has 9 heteroatoms. The zero-order chi connectivity index (χ0) is 24.6. The number of carbonyl (C=O) groups is 3. The number of anilines is 2. The van der Waals surface area contributed by atoms with Crippen molar-refractivity contribution >= 4 is 29.4 Å². The van der Waals surface area contributed by atoms with Crippen LogP contribution in [0.15, 0.2) is 42.7 Å². The van der Waals surface area contributed by atoms with Crippen molar-refractivity contribution in [1.82, 2.24) is 20.2 Å². The van der Waals surface area contributed by atoms with Gasteiger partial charge >= 0.3 is 0 Å². The monoisotopic (exact) mass is 466 g/mol. The van der Waals surface area contributed by atoms with Crippen LogP contribution in [0.1, 0.15) is 39.2 Å². The Kier molecular flexibility index (Phi) is 8.56. The summed E-state index contributed by atoms with van der Waals surface area (Å²) in [7, 11) is 0. The number of nitrogens with zero attached hydrogens (tertiary/aromatic N) is 4. The second-order valence-corrected chi connectivity index (χ2v) is 9.45. The molecule has 0 spiro atoms. The summed E-state index contributed by atoms with van der Waals surface area (Å²) in [4.78, 5) is 49.2. The topological polar surface area (TPSA) is 108 Å². The van der Waals surface area contributed by atoms with Crippen molar-refractivity contribution in [3.8, 4) is 0 Å². The summed E-state index contributed by atoms with van der Waals surface area (Å²) in [6, 6.07) is 9.14. The van der Waals surface area contributed by atoms with Crippen LogP contribution in [0.25, 0.3) is 0 Å². The van der Waals surface area contributed by atoms with Gasteiger partial charge in [0.25, 0.3) is 0 Å². The Bertz CT molecular complexity index is 964. The minimum Gasteiger partial charge on any atom is -0.356 e. The molecule has 2 heterocycles. The van der Waals surface area contributed by atoms with Crippen LogP contribution < -0.4 is 15.5 Å². The fraction of sp³-hybridized carbons (Fsp3) is 0.480. The molecule has 3 amide bonds. The number of piperazine rings is 1. The lowest BCUT2D eigenvalue weighted by Crippen LogP contribution is -2.49. The zero-order valence-electron chi connectivity index (χ0n) is 20.2. The van der Waals surface area contributed by atoms with E-state index in [1.807, 2.05) is 49.9 Å². The van der Waals surface area contributed by atoms with Crippen LogP contribution >= 0.6 is 0 Å². The summed E-state index contributed by atoms with van der Waals surface area (Å²) in [5.41, 5.74) is 1.16. The predicted octanol–water partition coefficient (Wildman–Crippen LogP) is 2.25. The standard InChI is InChI=1S/C25H34N6O3/c1-25(2,3)23(34)26-11-4-6-21(32)29-20-9-7-19(8-10-20)18-22(33)30-14-16-31(17-15-30)24-27-12-5-13-28-24/h5,7-10,12-13H,4,6,11,14-18H2,1-3H3,(H,26,34)(H,29,32). The van der Waals surface area contributed by atoms with E-state index in [2.05, 4.69) is 25.5 Å². The minimum atomic E-state index is -0.434. The van der Waals surface area contributed by atoms with E-state index in [1.54, 1.807) is 18.5 Å². The molecule has 2 N–H and O–H groups in total. The van der Waals surface area contributed by atoms with E-state index in [4.69, 9.17) is 0 Å². The first-order valence-electron chi connectivity index (χ1n) is 11.7. The molecule has 0 aliphatic carbocycles. The summed E-state index contributed by atoms with van der Waals surface area (Å²) < 4.78 is 0. The summed E-state index contributed by atoms with van der Waals surface area (Å²) in [6.07, 6.45) is 4.66. The second-order valence-electron chi connectivity index (χ2n) is 9.45. The quantitative estimate of drug-likeness (QED) is 0.578. The van der Waals surface area contributed by atoms with E-state index < -0.39 is 5.41 Å². The number of aromatic nitrogens is 2. The number of hydrogen-bond acceptors (Lipinski definition) is 6. The maximum atomic E-state index is 12.7. The van der Waals surface area contributed by atoms with Crippen molar-refractivity contribution < 1.29 is 14.4 Å². The molecule has 1 aromatic carbocycles. The van der Waals surface area contributed by atoms with Gasteiger partial charge in [-0.25, -0.2) is 9.97 Å². The summed E-state index contributed by atoms with van der Waals surface area (Å²) >= 11 is 0. The molecule has 0 saturated carbocycles. The van der Waals surface area contributed by atoms with E-state index in [0.29, 0.717) is 63.6 Å². The molecular weight excluding hydrogens is 432 g/mol. The van der Waals surface area contributed by atoms with Gasteiger partial charge in [0.1, 0.15) is 0 Å². The fourth-order valence-corrected chi connectivity index (χ4v) is 3.54. The molecule has 0 bridgehead atoms. The van der Waals surface area contributed by atoms with Crippen LogP contribution in [-0.2, 0) is 20.8 Å². The lowest BCUT2D eigenvalue weighted by atomic mass is 9.96. The Morgan fingerprint density at radius 1 is 0.971 bits per heavy atom. The van der Waals surface area contributed by atoms with Gasteiger partial charge < -0.3 is 20.4 Å². The van der Waals surface area contributed by atoms with Gasteiger partial charge in [-0.05, 0) is 30.2 Å². The van der Waals surface area contributed by atoms with Crippen LogP contribution in [0.2, 0.25) is 0 Å². The van der Waals surface area contributed by atoms with Gasteiger partial charge in [-0.3, -0.25) is 14.4 Å². The van der Waals surface area contributed by atoms with Crippen LogP contribution in [0, 0.1) is 5.41 Å². The molecule has 1 fully saturated rings. The molecule has 1 aliphatic heterocycles. The molecule has 0 unspecified atom stereocenters. The zero-order valence-corrected chi connectivity index (χ0v) is 20.2. The second kappa shape index (κ2) is 11.6. The van der Waals surface area contributed by atoms with Gasteiger partial charge in [0, 0.05) is 62.6 Å². The first kappa shape index (κ1) is 25.1. The molecule has 2 aromatic rings. The van der Waals surface area contributed by atoms with Crippen LogP contribution in [0.4, 0.5) is 11.6 Å². The number of carbonyl (C=O) groups excluding carboxylic acids is 3. The third kappa shape index (κ3) is 7.54.